The largest absolute Gasteiger partial charge is 0.382 e. The first-order valence-electron chi connectivity index (χ1n) is 7.34. The van der Waals surface area contributed by atoms with E-state index >= 15 is 0 Å². The van der Waals surface area contributed by atoms with E-state index in [1.54, 1.807) is 17.0 Å². The summed E-state index contributed by atoms with van der Waals surface area (Å²) < 4.78 is 13.0. The number of nitrogens with zero attached hydrogens (tertiary/aromatic N) is 3. The van der Waals surface area contributed by atoms with Crippen molar-refractivity contribution in [3.8, 4) is 0 Å². The van der Waals surface area contributed by atoms with Crippen LogP contribution in [0.15, 0.2) is 29.4 Å². The lowest BCUT2D eigenvalue weighted by molar-refractivity contribution is 0.201. The Morgan fingerprint density at radius 3 is 2.78 bits per heavy atom. The number of anilines is 3. The van der Waals surface area contributed by atoms with Crippen LogP contribution in [0, 0.1) is 5.82 Å². The van der Waals surface area contributed by atoms with Gasteiger partial charge in [-0.05, 0) is 24.1 Å². The first-order chi connectivity index (χ1) is 11.1. The maximum Gasteiger partial charge on any atom is 0.207 e. The molecule has 0 saturated heterocycles. The number of rotatable bonds is 5. The summed E-state index contributed by atoms with van der Waals surface area (Å²) in [5.74, 6) is 1.48. The number of thioether (sulfide) groups is 1. The fourth-order valence-electron chi connectivity index (χ4n) is 2.32. The molecular formula is C15H18FN5OS. The van der Waals surface area contributed by atoms with E-state index in [0.29, 0.717) is 29.0 Å². The number of nitrogens with two attached hydrogens (primary N) is 1. The number of nitrogens with one attached hydrogen (secondary N) is 1. The van der Waals surface area contributed by atoms with Gasteiger partial charge in [-0.15, -0.1) is 0 Å². The van der Waals surface area contributed by atoms with Crippen molar-refractivity contribution in [2.75, 3.05) is 21.7 Å². The van der Waals surface area contributed by atoms with Crippen molar-refractivity contribution < 1.29 is 9.50 Å². The zero-order valence-electron chi connectivity index (χ0n) is 12.7. The third-order valence-electron chi connectivity index (χ3n) is 3.44. The molecule has 0 amide bonds. The Hall–Kier alpha value is -2.06. The molecule has 1 aliphatic heterocycles. The molecule has 4 N–H and O–H groups in total. The molecule has 1 atom stereocenters. The summed E-state index contributed by atoms with van der Waals surface area (Å²) in [5.41, 5.74) is 7.36. The topological polar surface area (TPSA) is 87.3 Å². The van der Waals surface area contributed by atoms with Crippen LogP contribution >= 0.6 is 11.8 Å². The van der Waals surface area contributed by atoms with Crippen LogP contribution in [0.1, 0.15) is 18.9 Å². The number of fused-ring (bicyclic) bond motifs is 1. The molecule has 1 aliphatic rings. The van der Waals surface area contributed by atoms with Gasteiger partial charge in [0.05, 0.1) is 0 Å². The molecule has 1 aromatic heterocycles. The maximum atomic E-state index is 13.0. The SMILES string of the molecule is CCCSc1nc(N)c2c(n1)N(Cc1ccc(F)cc1)C(O)N2. The minimum Gasteiger partial charge on any atom is -0.382 e. The fourth-order valence-corrected chi connectivity index (χ4v) is 3.02. The molecule has 0 bridgehead atoms. The molecule has 8 heteroatoms. The second-order valence-electron chi connectivity index (χ2n) is 5.21. The summed E-state index contributed by atoms with van der Waals surface area (Å²) in [6.45, 7) is 2.46. The number of aliphatic hydroxyl groups excluding tert-OH is 1. The minimum atomic E-state index is -0.946. The highest BCUT2D eigenvalue weighted by molar-refractivity contribution is 7.99. The summed E-state index contributed by atoms with van der Waals surface area (Å²) in [4.78, 5) is 10.4. The van der Waals surface area contributed by atoms with Gasteiger partial charge in [-0.1, -0.05) is 30.8 Å². The second kappa shape index (κ2) is 6.59. The normalized spacial score (nSPS) is 16.3. The van der Waals surface area contributed by atoms with Crippen molar-refractivity contribution in [1.82, 2.24) is 9.97 Å². The molecule has 122 valence electrons. The Labute approximate surface area is 137 Å². The molecule has 3 rings (SSSR count). The van der Waals surface area contributed by atoms with Gasteiger partial charge in [-0.2, -0.15) is 0 Å². The fraction of sp³-hybridized carbons (Fsp3) is 0.333. The van der Waals surface area contributed by atoms with E-state index in [1.807, 2.05) is 0 Å². The first kappa shape index (κ1) is 15.8. The average Bonchev–Trinajstić information content (AvgIpc) is 2.84. The van der Waals surface area contributed by atoms with Crippen LogP contribution in [0.25, 0.3) is 0 Å². The quantitative estimate of drug-likeness (QED) is 0.571. The summed E-state index contributed by atoms with van der Waals surface area (Å²) in [6, 6.07) is 6.14. The zero-order valence-corrected chi connectivity index (χ0v) is 13.5. The zero-order chi connectivity index (χ0) is 16.4. The van der Waals surface area contributed by atoms with Crippen molar-refractivity contribution in [2.45, 2.75) is 31.4 Å². The van der Waals surface area contributed by atoms with E-state index in [0.717, 1.165) is 17.7 Å². The van der Waals surface area contributed by atoms with Gasteiger partial charge in [0.1, 0.15) is 11.5 Å². The van der Waals surface area contributed by atoms with Crippen molar-refractivity contribution >= 4 is 29.1 Å². The number of aliphatic hydroxyl groups is 1. The molecule has 0 radical (unpaired) electrons. The van der Waals surface area contributed by atoms with Crippen LogP contribution in [0.3, 0.4) is 0 Å². The number of hydrogen-bond acceptors (Lipinski definition) is 7. The van der Waals surface area contributed by atoms with Crippen LogP contribution in [-0.4, -0.2) is 27.2 Å². The Morgan fingerprint density at radius 1 is 1.35 bits per heavy atom. The number of benzene rings is 1. The maximum absolute atomic E-state index is 13.0. The number of aromatic nitrogens is 2. The molecule has 0 aliphatic carbocycles. The summed E-state index contributed by atoms with van der Waals surface area (Å²) in [7, 11) is 0. The first-order valence-corrected chi connectivity index (χ1v) is 8.33. The summed E-state index contributed by atoms with van der Waals surface area (Å²) in [6.07, 6.45) is 0.0589. The van der Waals surface area contributed by atoms with Gasteiger partial charge in [0, 0.05) is 12.3 Å². The predicted octanol–water partition coefficient (Wildman–Crippen LogP) is 2.41. The third kappa shape index (κ3) is 3.32. The molecule has 1 unspecified atom stereocenters. The Kier molecular flexibility index (Phi) is 4.53. The number of nitrogen functional groups attached to an aromatic ring is 1. The van der Waals surface area contributed by atoms with E-state index in [1.165, 1.54) is 23.9 Å². The Morgan fingerprint density at radius 2 is 2.09 bits per heavy atom. The average molecular weight is 335 g/mol. The van der Waals surface area contributed by atoms with Gasteiger partial charge < -0.3 is 21.1 Å². The molecule has 23 heavy (non-hydrogen) atoms. The number of hydrogen-bond donors (Lipinski definition) is 3. The minimum absolute atomic E-state index is 0.293. The third-order valence-corrected chi connectivity index (χ3v) is 4.49. The van der Waals surface area contributed by atoms with Gasteiger partial charge in [0.2, 0.25) is 6.35 Å². The molecule has 0 saturated carbocycles. The summed E-state index contributed by atoms with van der Waals surface area (Å²) >= 11 is 1.52. The highest BCUT2D eigenvalue weighted by Gasteiger charge is 2.31. The van der Waals surface area contributed by atoms with Crippen LogP contribution in [-0.2, 0) is 6.54 Å². The smallest absolute Gasteiger partial charge is 0.207 e. The van der Waals surface area contributed by atoms with E-state index in [2.05, 4.69) is 22.2 Å². The molecule has 6 nitrogen and oxygen atoms in total. The van der Waals surface area contributed by atoms with Gasteiger partial charge >= 0.3 is 0 Å². The van der Waals surface area contributed by atoms with Gasteiger partial charge in [0.25, 0.3) is 0 Å². The lowest BCUT2D eigenvalue weighted by atomic mass is 10.2. The van der Waals surface area contributed by atoms with Crippen molar-refractivity contribution in [2.24, 2.45) is 0 Å². The van der Waals surface area contributed by atoms with Crippen LogP contribution < -0.4 is 16.0 Å². The van der Waals surface area contributed by atoms with Gasteiger partial charge in [0.15, 0.2) is 16.8 Å². The molecule has 1 aromatic carbocycles. The summed E-state index contributed by atoms with van der Waals surface area (Å²) in [5, 5.41) is 13.7. The monoisotopic (exact) mass is 335 g/mol. The Balaban J connectivity index is 1.88. The molecule has 0 spiro atoms. The Bertz CT molecular complexity index is 697. The van der Waals surface area contributed by atoms with Crippen molar-refractivity contribution in [1.29, 1.82) is 0 Å². The van der Waals surface area contributed by atoms with Crippen LogP contribution in [0.5, 0.6) is 0 Å². The van der Waals surface area contributed by atoms with Gasteiger partial charge in [-0.3, -0.25) is 0 Å². The van der Waals surface area contributed by atoms with Crippen molar-refractivity contribution in [3.05, 3.63) is 35.6 Å². The van der Waals surface area contributed by atoms with E-state index in [-0.39, 0.29) is 5.82 Å². The highest BCUT2D eigenvalue weighted by Crippen LogP contribution is 2.38. The van der Waals surface area contributed by atoms with E-state index in [4.69, 9.17) is 5.73 Å². The van der Waals surface area contributed by atoms with Crippen LogP contribution in [0.4, 0.5) is 21.7 Å². The lowest BCUT2D eigenvalue weighted by Crippen LogP contribution is -2.35. The predicted molar refractivity (Wildman–Crippen MR) is 89.7 cm³/mol. The molecule has 2 heterocycles. The number of halogens is 1. The van der Waals surface area contributed by atoms with E-state index in [9.17, 15) is 9.50 Å². The highest BCUT2D eigenvalue weighted by atomic mass is 32.2. The van der Waals surface area contributed by atoms with E-state index < -0.39 is 6.35 Å². The standard InChI is InChI=1S/C15H18FN5OS/c1-2-7-23-14-19-12(17)11-13(20-14)21(15(22)18-11)8-9-3-5-10(16)6-4-9/h3-6,15,18,22H,2,7-8H2,1H3,(H2,17,19,20). The lowest BCUT2D eigenvalue weighted by Gasteiger charge is -2.21. The molecule has 2 aromatic rings. The van der Waals surface area contributed by atoms with Gasteiger partial charge in [-0.25, -0.2) is 14.4 Å². The van der Waals surface area contributed by atoms with Crippen molar-refractivity contribution in [3.63, 3.8) is 0 Å². The molecular weight excluding hydrogens is 317 g/mol. The second-order valence-corrected chi connectivity index (χ2v) is 6.27. The van der Waals surface area contributed by atoms with Crippen LogP contribution in [0.2, 0.25) is 0 Å². The molecule has 0 fully saturated rings.